The number of hydrogen-bond acceptors (Lipinski definition) is 6. The zero-order valence-corrected chi connectivity index (χ0v) is 14.9. The standard InChI is InChI=1S/C17H23N5OS/c1-12(2)11-21-7-9-22(10-8-21)17(23)16-14(18)15(20-24-16)13-5-3-4-6-19-13/h3-6,12H,7-11,18H2,1-2H3. The van der Waals surface area contributed by atoms with Crippen molar-refractivity contribution in [1.82, 2.24) is 19.2 Å². The van der Waals surface area contributed by atoms with Crippen molar-refractivity contribution in [3.05, 3.63) is 29.3 Å². The lowest BCUT2D eigenvalue weighted by atomic mass is 10.2. The number of pyridine rings is 1. The molecule has 1 fully saturated rings. The van der Waals surface area contributed by atoms with Crippen molar-refractivity contribution >= 4 is 23.1 Å². The highest BCUT2D eigenvalue weighted by atomic mass is 32.1. The van der Waals surface area contributed by atoms with E-state index in [1.54, 1.807) is 6.20 Å². The highest BCUT2D eigenvalue weighted by molar-refractivity contribution is 7.09. The van der Waals surface area contributed by atoms with E-state index in [0.29, 0.717) is 27.9 Å². The molecule has 6 nitrogen and oxygen atoms in total. The SMILES string of the molecule is CC(C)CN1CCN(C(=O)c2snc(-c3ccccn3)c2N)CC1. The fourth-order valence-electron chi connectivity index (χ4n) is 2.93. The van der Waals surface area contributed by atoms with Gasteiger partial charge in [-0.05, 0) is 29.6 Å². The van der Waals surface area contributed by atoms with Crippen LogP contribution in [0.4, 0.5) is 5.69 Å². The summed E-state index contributed by atoms with van der Waals surface area (Å²) >= 11 is 1.16. The fraction of sp³-hybridized carbons (Fsp3) is 0.471. The van der Waals surface area contributed by atoms with Gasteiger partial charge in [0.2, 0.25) is 0 Å². The highest BCUT2D eigenvalue weighted by Gasteiger charge is 2.27. The summed E-state index contributed by atoms with van der Waals surface area (Å²) in [5.41, 5.74) is 7.92. The molecule has 0 bridgehead atoms. The molecular weight excluding hydrogens is 322 g/mol. The van der Waals surface area contributed by atoms with Gasteiger partial charge in [-0.25, -0.2) is 0 Å². The maximum absolute atomic E-state index is 12.8. The van der Waals surface area contributed by atoms with Crippen LogP contribution in [0.5, 0.6) is 0 Å². The quantitative estimate of drug-likeness (QED) is 0.919. The zero-order valence-electron chi connectivity index (χ0n) is 14.1. The molecule has 0 spiro atoms. The Morgan fingerprint density at radius 1 is 1.29 bits per heavy atom. The second-order valence-corrected chi connectivity index (χ2v) is 7.25. The first kappa shape index (κ1) is 16.9. The number of nitrogens with two attached hydrogens (primary N) is 1. The maximum atomic E-state index is 12.8. The van der Waals surface area contributed by atoms with Gasteiger partial charge in [-0.15, -0.1) is 0 Å². The van der Waals surface area contributed by atoms with Crippen LogP contribution in [-0.4, -0.2) is 57.8 Å². The van der Waals surface area contributed by atoms with Crippen molar-refractivity contribution in [2.45, 2.75) is 13.8 Å². The number of amides is 1. The topological polar surface area (TPSA) is 75.3 Å². The monoisotopic (exact) mass is 345 g/mol. The van der Waals surface area contributed by atoms with Crippen molar-refractivity contribution < 1.29 is 4.79 Å². The Labute approximate surface area is 146 Å². The molecule has 2 aromatic heterocycles. The van der Waals surface area contributed by atoms with Crippen LogP contribution >= 0.6 is 11.5 Å². The highest BCUT2D eigenvalue weighted by Crippen LogP contribution is 2.30. The summed E-state index contributed by atoms with van der Waals surface area (Å²) in [6.45, 7) is 8.81. The van der Waals surface area contributed by atoms with E-state index in [1.807, 2.05) is 23.1 Å². The number of anilines is 1. The van der Waals surface area contributed by atoms with Crippen molar-refractivity contribution in [3.8, 4) is 11.4 Å². The van der Waals surface area contributed by atoms with Crippen molar-refractivity contribution in [3.63, 3.8) is 0 Å². The molecule has 128 valence electrons. The van der Waals surface area contributed by atoms with E-state index in [0.717, 1.165) is 44.3 Å². The van der Waals surface area contributed by atoms with Gasteiger partial charge in [0, 0.05) is 38.9 Å². The van der Waals surface area contributed by atoms with Crippen LogP contribution < -0.4 is 5.73 Å². The first-order valence-corrected chi connectivity index (χ1v) is 9.01. The average molecular weight is 345 g/mol. The van der Waals surface area contributed by atoms with Gasteiger partial charge >= 0.3 is 0 Å². The number of aromatic nitrogens is 2. The summed E-state index contributed by atoms with van der Waals surface area (Å²) in [7, 11) is 0. The van der Waals surface area contributed by atoms with Crippen LogP contribution in [0.2, 0.25) is 0 Å². The van der Waals surface area contributed by atoms with E-state index < -0.39 is 0 Å². The van der Waals surface area contributed by atoms with Crippen LogP contribution in [0.3, 0.4) is 0 Å². The van der Waals surface area contributed by atoms with Gasteiger partial charge in [0.1, 0.15) is 10.6 Å². The molecule has 0 aliphatic carbocycles. The van der Waals surface area contributed by atoms with E-state index in [1.165, 1.54) is 0 Å². The third-order valence-electron chi connectivity index (χ3n) is 4.11. The van der Waals surface area contributed by atoms with Gasteiger partial charge in [-0.1, -0.05) is 19.9 Å². The smallest absolute Gasteiger partial charge is 0.267 e. The molecule has 7 heteroatoms. The van der Waals surface area contributed by atoms with Crippen molar-refractivity contribution in [1.29, 1.82) is 0 Å². The lowest BCUT2D eigenvalue weighted by Gasteiger charge is -2.35. The van der Waals surface area contributed by atoms with E-state index >= 15 is 0 Å². The molecule has 1 aliphatic rings. The molecule has 0 atom stereocenters. The van der Waals surface area contributed by atoms with Crippen LogP contribution in [0.25, 0.3) is 11.4 Å². The van der Waals surface area contributed by atoms with Gasteiger partial charge in [0.05, 0.1) is 11.4 Å². The molecule has 3 rings (SSSR count). The first-order valence-electron chi connectivity index (χ1n) is 8.24. The summed E-state index contributed by atoms with van der Waals surface area (Å²) < 4.78 is 4.35. The third-order valence-corrected chi connectivity index (χ3v) is 4.96. The first-order chi connectivity index (χ1) is 11.6. The molecule has 0 unspecified atom stereocenters. The van der Waals surface area contributed by atoms with E-state index in [4.69, 9.17) is 5.73 Å². The molecule has 1 aliphatic heterocycles. The second-order valence-electron chi connectivity index (χ2n) is 6.48. The van der Waals surface area contributed by atoms with Crippen LogP contribution in [0.1, 0.15) is 23.5 Å². The zero-order chi connectivity index (χ0) is 17.1. The van der Waals surface area contributed by atoms with Crippen molar-refractivity contribution in [2.24, 2.45) is 5.92 Å². The minimum absolute atomic E-state index is 0.0172. The predicted octanol–water partition coefficient (Wildman–Crippen LogP) is 2.20. The van der Waals surface area contributed by atoms with Gasteiger partial charge in [0.15, 0.2) is 0 Å². The summed E-state index contributed by atoms with van der Waals surface area (Å²) in [5, 5.41) is 0. The van der Waals surface area contributed by atoms with Crippen LogP contribution in [0.15, 0.2) is 24.4 Å². The normalized spacial score (nSPS) is 15.9. The van der Waals surface area contributed by atoms with E-state index in [-0.39, 0.29) is 5.91 Å². The number of hydrogen-bond donors (Lipinski definition) is 1. The lowest BCUT2D eigenvalue weighted by molar-refractivity contribution is 0.0629. The van der Waals surface area contributed by atoms with Gasteiger partial charge in [-0.2, -0.15) is 4.37 Å². The Hall–Kier alpha value is -1.99. The molecule has 2 aromatic rings. The number of nitrogen functional groups attached to an aromatic ring is 1. The molecule has 24 heavy (non-hydrogen) atoms. The van der Waals surface area contributed by atoms with Gasteiger partial charge in [0.25, 0.3) is 5.91 Å². The third kappa shape index (κ3) is 3.57. The Balaban J connectivity index is 1.70. The van der Waals surface area contributed by atoms with Gasteiger partial charge < -0.3 is 10.6 Å². The summed E-state index contributed by atoms with van der Waals surface area (Å²) in [4.78, 5) is 21.8. The Morgan fingerprint density at radius 3 is 2.67 bits per heavy atom. The largest absolute Gasteiger partial charge is 0.396 e. The Morgan fingerprint density at radius 2 is 2.04 bits per heavy atom. The molecule has 2 N–H and O–H groups in total. The molecule has 0 aromatic carbocycles. The second kappa shape index (κ2) is 7.27. The van der Waals surface area contributed by atoms with Crippen LogP contribution in [-0.2, 0) is 0 Å². The molecule has 3 heterocycles. The molecule has 0 radical (unpaired) electrons. The summed E-state index contributed by atoms with van der Waals surface area (Å²) in [6.07, 6.45) is 1.70. The summed E-state index contributed by atoms with van der Waals surface area (Å²) in [5.74, 6) is 0.627. The van der Waals surface area contributed by atoms with Crippen LogP contribution in [0, 0.1) is 5.92 Å². The minimum Gasteiger partial charge on any atom is -0.396 e. The molecule has 0 saturated carbocycles. The Bertz CT molecular complexity index is 692. The molecule has 1 saturated heterocycles. The number of piperazine rings is 1. The van der Waals surface area contributed by atoms with Gasteiger partial charge in [-0.3, -0.25) is 14.7 Å². The molecule has 1 amide bonds. The fourth-order valence-corrected chi connectivity index (χ4v) is 3.71. The van der Waals surface area contributed by atoms with E-state index in [2.05, 4.69) is 28.1 Å². The average Bonchev–Trinajstić information content (AvgIpc) is 2.97. The summed E-state index contributed by atoms with van der Waals surface area (Å²) in [6, 6.07) is 5.58. The Kier molecular flexibility index (Phi) is 5.11. The lowest BCUT2D eigenvalue weighted by Crippen LogP contribution is -2.49. The maximum Gasteiger partial charge on any atom is 0.267 e. The predicted molar refractivity (Wildman–Crippen MR) is 96.9 cm³/mol. The van der Waals surface area contributed by atoms with Crippen molar-refractivity contribution in [2.75, 3.05) is 38.5 Å². The molecular formula is C17H23N5OS. The number of carbonyl (C=O) groups is 1. The number of nitrogens with zero attached hydrogens (tertiary/aromatic N) is 4. The van der Waals surface area contributed by atoms with E-state index in [9.17, 15) is 4.79 Å². The number of carbonyl (C=O) groups excluding carboxylic acids is 1. The minimum atomic E-state index is -0.0172. The number of rotatable bonds is 4.